The normalized spacial score (nSPS) is 17.8. The van der Waals surface area contributed by atoms with Crippen LogP contribution in [-0.4, -0.2) is 220 Å². The molecule has 0 aliphatic carbocycles. The minimum Gasteiger partial charge on any atom is -0.465 e. The van der Waals surface area contributed by atoms with E-state index in [9.17, 15) is 14.4 Å². The average Bonchev–Trinajstić information content (AvgIpc) is 3.43. The molecular formula is C55H89NO20. The number of rotatable bonds is 48. The number of methoxy groups -OCH3 is 1. The Bertz CT molecular complexity index is 1720. The van der Waals surface area contributed by atoms with Gasteiger partial charge in [-0.25, -0.2) is 9.59 Å². The Morgan fingerprint density at radius 2 is 0.908 bits per heavy atom. The van der Waals surface area contributed by atoms with Crippen LogP contribution in [-0.2, 0) is 103 Å². The van der Waals surface area contributed by atoms with Gasteiger partial charge in [0.25, 0.3) is 5.79 Å². The second-order valence-electron chi connectivity index (χ2n) is 17.8. The van der Waals surface area contributed by atoms with Crippen LogP contribution >= 0.6 is 0 Å². The highest BCUT2D eigenvalue weighted by molar-refractivity contribution is 5.78. The van der Waals surface area contributed by atoms with Gasteiger partial charge in [0, 0.05) is 32.4 Å². The zero-order valence-electron chi connectivity index (χ0n) is 45.9. The summed E-state index contributed by atoms with van der Waals surface area (Å²) in [4.78, 5) is 38.7. The Morgan fingerprint density at radius 1 is 0.539 bits per heavy atom. The molecule has 5 atom stereocenters. The number of esters is 2. The van der Waals surface area contributed by atoms with E-state index in [2.05, 4.69) is 6.92 Å². The zero-order chi connectivity index (χ0) is 54.6. The van der Waals surface area contributed by atoms with Crippen molar-refractivity contribution in [3.8, 4) is 0 Å². The van der Waals surface area contributed by atoms with E-state index in [-0.39, 0.29) is 62.3 Å². The molecule has 0 bridgehead atoms. The van der Waals surface area contributed by atoms with Gasteiger partial charge in [0.15, 0.2) is 0 Å². The van der Waals surface area contributed by atoms with Crippen molar-refractivity contribution in [2.45, 2.75) is 59.2 Å². The molecule has 1 saturated heterocycles. The van der Waals surface area contributed by atoms with Gasteiger partial charge in [0.05, 0.1) is 185 Å². The molecule has 1 amide bonds. The maximum absolute atomic E-state index is 12.9. The van der Waals surface area contributed by atoms with Gasteiger partial charge in [0.1, 0.15) is 6.61 Å². The number of nitrogens with zero attached hydrogens (tertiary/aromatic N) is 1. The molecule has 3 rings (SSSR count). The van der Waals surface area contributed by atoms with Gasteiger partial charge in [-0.05, 0) is 23.0 Å². The molecular weight excluding hydrogens is 995 g/mol. The summed E-state index contributed by atoms with van der Waals surface area (Å²) in [5.41, 5.74) is 1.95. The smallest absolute Gasteiger partial charge is 0.410 e. The third-order valence-electron chi connectivity index (χ3n) is 11.8. The van der Waals surface area contributed by atoms with Crippen LogP contribution < -0.4 is 0 Å². The minimum atomic E-state index is -1.56. The predicted octanol–water partition coefficient (Wildman–Crippen LogP) is 5.17. The van der Waals surface area contributed by atoms with Crippen molar-refractivity contribution < 1.29 is 94.9 Å². The van der Waals surface area contributed by atoms with Crippen molar-refractivity contribution in [3.63, 3.8) is 0 Å². The molecule has 0 aromatic heterocycles. The number of benzene rings is 2. The Balaban J connectivity index is 0.983. The second kappa shape index (κ2) is 44.0. The number of amides is 1. The highest BCUT2D eigenvalue weighted by Gasteiger charge is 2.52. The summed E-state index contributed by atoms with van der Waals surface area (Å²) in [7, 11) is 1.30. The molecule has 2 aromatic rings. The molecule has 0 spiro atoms. The van der Waals surface area contributed by atoms with Crippen LogP contribution in [0.25, 0.3) is 0 Å². The van der Waals surface area contributed by atoms with E-state index < -0.39 is 11.8 Å². The fourth-order valence-corrected chi connectivity index (χ4v) is 7.54. The van der Waals surface area contributed by atoms with Crippen molar-refractivity contribution in [2.24, 2.45) is 17.8 Å². The lowest BCUT2D eigenvalue weighted by Gasteiger charge is -2.46. The summed E-state index contributed by atoms with van der Waals surface area (Å²) < 4.78 is 95.0. The first-order valence-electron chi connectivity index (χ1n) is 26.6. The maximum Gasteiger partial charge on any atom is 0.410 e. The maximum atomic E-state index is 12.9. The molecule has 0 N–H and O–H groups in total. The average molecular weight is 1080 g/mol. The zero-order valence-corrected chi connectivity index (χ0v) is 45.9. The SMILES string of the molecule is COC(=O)[C@@]1(OCCOCCOCCOCCOCCOCCOCCOCCOCCOCCOCCOCCOCCN(Cc2ccccc2)C(=O)OCc2ccccc2)C[C@@H](C)[C@@H](C)C([C@H](C)COC(C)=O)O1. The van der Waals surface area contributed by atoms with Crippen LogP contribution in [0.3, 0.4) is 0 Å². The lowest BCUT2D eigenvalue weighted by molar-refractivity contribution is -0.305. The van der Waals surface area contributed by atoms with Crippen LogP contribution in [0.1, 0.15) is 45.2 Å². The molecule has 0 saturated carbocycles. The standard InChI is InChI=1S/C55H89NO20/c1-46-42-55(53(58)60-5,76-52(48(46)3)47(2)44-73-49(4)57)75-41-40-72-39-38-71-37-36-70-35-34-69-33-32-68-31-30-67-29-28-66-27-26-65-25-24-64-23-22-63-21-20-62-19-18-61-17-16-56(43-50-12-8-6-9-13-50)54(59)74-45-51-14-10-7-11-15-51/h6-15,46-48,52H,16-45H2,1-5H3/t46-,47-,48-,52?,55-/m1/s1. The second-order valence-corrected chi connectivity index (χ2v) is 17.8. The predicted molar refractivity (Wildman–Crippen MR) is 278 cm³/mol. The van der Waals surface area contributed by atoms with Crippen molar-refractivity contribution >= 4 is 18.0 Å². The first-order chi connectivity index (χ1) is 37.1. The molecule has 21 heteroatoms. The summed E-state index contributed by atoms with van der Waals surface area (Å²) in [6.45, 7) is 19.0. The molecule has 434 valence electrons. The van der Waals surface area contributed by atoms with E-state index >= 15 is 0 Å². The molecule has 1 fully saturated rings. The Kier molecular flexibility index (Phi) is 38.4. The number of carbonyl (C=O) groups is 3. The molecule has 21 nitrogen and oxygen atoms in total. The minimum absolute atomic E-state index is 0.0942. The van der Waals surface area contributed by atoms with Crippen molar-refractivity contribution in [3.05, 3.63) is 71.8 Å². The van der Waals surface area contributed by atoms with E-state index in [4.69, 9.17) is 80.5 Å². The van der Waals surface area contributed by atoms with E-state index in [0.717, 1.165) is 11.1 Å². The van der Waals surface area contributed by atoms with Crippen LogP contribution in [0.5, 0.6) is 0 Å². The van der Waals surface area contributed by atoms with E-state index in [1.807, 2.05) is 74.5 Å². The summed E-state index contributed by atoms with van der Waals surface area (Å²) in [5.74, 6) is -2.48. The van der Waals surface area contributed by atoms with Gasteiger partial charge in [-0.15, -0.1) is 0 Å². The van der Waals surface area contributed by atoms with Crippen LogP contribution in [0.15, 0.2) is 60.7 Å². The lowest BCUT2D eigenvalue weighted by Crippen LogP contribution is -2.57. The molecule has 1 heterocycles. The Labute approximate surface area is 450 Å². The third-order valence-corrected chi connectivity index (χ3v) is 11.8. The quantitative estimate of drug-likeness (QED) is 0.0475. The summed E-state index contributed by atoms with van der Waals surface area (Å²) in [6, 6.07) is 19.4. The van der Waals surface area contributed by atoms with E-state index in [1.165, 1.54) is 14.0 Å². The molecule has 1 aliphatic rings. The summed E-state index contributed by atoms with van der Waals surface area (Å²) in [6.07, 6.45) is -0.424. The molecule has 1 aliphatic heterocycles. The highest BCUT2D eigenvalue weighted by Crippen LogP contribution is 2.41. The largest absolute Gasteiger partial charge is 0.465 e. The van der Waals surface area contributed by atoms with Gasteiger partial charge in [-0.2, -0.15) is 0 Å². The van der Waals surface area contributed by atoms with Crippen molar-refractivity contribution in [2.75, 3.05) is 185 Å². The molecule has 0 radical (unpaired) electrons. The van der Waals surface area contributed by atoms with Crippen molar-refractivity contribution in [1.29, 1.82) is 0 Å². The number of ether oxygens (including phenoxy) is 17. The van der Waals surface area contributed by atoms with Crippen LogP contribution in [0, 0.1) is 17.8 Å². The molecule has 76 heavy (non-hydrogen) atoms. The van der Waals surface area contributed by atoms with Gasteiger partial charge in [-0.3, -0.25) is 4.79 Å². The van der Waals surface area contributed by atoms with Crippen molar-refractivity contribution in [1.82, 2.24) is 4.90 Å². The van der Waals surface area contributed by atoms with Gasteiger partial charge < -0.3 is 85.4 Å². The lowest BCUT2D eigenvalue weighted by atomic mass is 9.78. The van der Waals surface area contributed by atoms with E-state index in [0.29, 0.717) is 171 Å². The number of hydrogen-bond acceptors (Lipinski definition) is 20. The van der Waals surface area contributed by atoms with Crippen LogP contribution in [0.2, 0.25) is 0 Å². The van der Waals surface area contributed by atoms with E-state index in [1.54, 1.807) is 4.90 Å². The fourth-order valence-electron chi connectivity index (χ4n) is 7.54. The number of hydrogen-bond donors (Lipinski definition) is 0. The molecule has 2 aromatic carbocycles. The monoisotopic (exact) mass is 1080 g/mol. The van der Waals surface area contributed by atoms with Gasteiger partial charge in [-0.1, -0.05) is 81.4 Å². The Hall–Kier alpha value is -3.91. The first kappa shape index (κ1) is 66.4. The van der Waals surface area contributed by atoms with Crippen LogP contribution in [0.4, 0.5) is 4.79 Å². The number of carbonyl (C=O) groups excluding carboxylic acids is 3. The fraction of sp³-hybridized carbons (Fsp3) is 0.727. The highest BCUT2D eigenvalue weighted by atomic mass is 16.7. The third kappa shape index (κ3) is 31.5. The first-order valence-corrected chi connectivity index (χ1v) is 26.6. The van der Waals surface area contributed by atoms with Gasteiger partial charge in [0.2, 0.25) is 0 Å². The Morgan fingerprint density at radius 3 is 1.29 bits per heavy atom. The topological polar surface area (TPSA) is 211 Å². The summed E-state index contributed by atoms with van der Waals surface area (Å²) >= 11 is 0. The summed E-state index contributed by atoms with van der Waals surface area (Å²) in [5, 5.41) is 0. The van der Waals surface area contributed by atoms with Gasteiger partial charge >= 0.3 is 18.0 Å². The molecule has 1 unspecified atom stereocenters.